The summed E-state index contributed by atoms with van der Waals surface area (Å²) in [7, 11) is 0. The Kier molecular flexibility index (Phi) is 11.3. The minimum atomic E-state index is -1.54. The van der Waals surface area contributed by atoms with E-state index in [1.165, 1.54) is 13.8 Å². The molecule has 0 amide bonds. The zero-order valence-corrected chi connectivity index (χ0v) is 25.5. The molecule has 14 nitrogen and oxygen atoms in total. The monoisotopic (exact) mass is 644 g/mol. The third-order valence-corrected chi connectivity index (χ3v) is 7.43. The molecule has 0 spiro atoms. The van der Waals surface area contributed by atoms with Crippen LogP contribution < -0.4 is 0 Å². The van der Waals surface area contributed by atoms with Crippen LogP contribution in [0.1, 0.15) is 44.9 Å². The lowest BCUT2D eigenvalue weighted by Gasteiger charge is -2.44. The molecular weight excluding hydrogens is 608 g/mol. The number of carbonyl (C=O) groups is 4. The smallest absolute Gasteiger partial charge is 0.303 e. The second kappa shape index (κ2) is 15.0. The topological polar surface area (TPSA) is 205 Å². The van der Waals surface area contributed by atoms with Crippen LogP contribution in [0.4, 0.5) is 0 Å². The molecule has 4 N–H and O–H groups in total. The first-order valence-electron chi connectivity index (χ1n) is 14.4. The maximum absolute atomic E-state index is 12.2. The zero-order chi connectivity index (χ0) is 33.7. The quantitative estimate of drug-likeness (QED) is 0.176. The standard InChI is InChI=1S/C32H36O14/c1-15(34)41-14-25-30(42-16(2)35)32(44-18(4)37)31(43-17(3)36)29(46-25)22-9-8-20-11-19(5-7-21(20)12-22)6-10-23-26(38)28(40)27(39)24(13-33)45-23/h5,7-9,11-12,23-33,38-40H,13-14H2,1-4H3/t23-,24-,25-,26+,27-,28-,29-,30-,31-,32-/m1/s1. The SMILES string of the molecule is CC(=O)OC[C@H]1O[C@H](c2ccc3cc(C#C[C@H]4O[C@H](CO)[C@@H](O)[C@H](O)[C@H]4O)ccc3c2)[C@@H](OC(C)=O)[C@H](OC(C)=O)[C@@H]1OC(C)=O. The highest BCUT2D eigenvalue weighted by Crippen LogP contribution is 2.38. The fourth-order valence-corrected chi connectivity index (χ4v) is 5.39. The number of aliphatic hydroxyl groups excluding tert-OH is 4. The highest BCUT2D eigenvalue weighted by atomic mass is 16.7. The molecule has 0 aliphatic carbocycles. The fraction of sp³-hybridized carbons (Fsp3) is 0.500. The number of carbonyl (C=O) groups excluding carboxylic acids is 4. The molecule has 0 aromatic heterocycles. The number of hydrogen-bond acceptors (Lipinski definition) is 14. The maximum atomic E-state index is 12.2. The Balaban J connectivity index is 1.67. The number of benzene rings is 2. The summed E-state index contributed by atoms with van der Waals surface area (Å²) in [5, 5.41) is 41.1. The van der Waals surface area contributed by atoms with Crippen molar-refractivity contribution in [2.24, 2.45) is 0 Å². The molecule has 2 fully saturated rings. The highest BCUT2D eigenvalue weighted by molar-refractivity contribution is 5.84. The second-order valence-corrected chi connectivity index (χ2v) is 11.0. The van der Waals surface area contributed by atoms with Crippen LogP contribution in [-0.2, 0) is 47.6 Å². The first-order valence-corrected chi connectivity index (χ1v) is 14.4. The molecule has 2 aromatic carbocycles. The summed E-state index contributed by atoms with van der Waals surface area (Å²) in [6.07, 6.45) is -12.7. The van der Waals surface area contributed by atoms with E-state index in [4.69, 9.17) is 28.4 Å². The number of rotatable bonds is 7. The van der Waals surface area contributed by atoms with Crippen molar-refractivity contribution in [3.05, 3.63) is 47.5 Å². The number of aliphatic hydroxyl groups is 4. The van der Waals surface area contributed by atoms with Gasteiger partial charge in [-0.2, -0.15) is 0 Å². The third-order valence-electron chi connectivity index (χ3n) is 7.43. The summed E-state index contributed by atoms with van der Waals surface area (Å²) in [4.78, 5) is 47.9. The number of fused-ring (bicyclic) bond motifs is 1. The van der Waals surface area contributed by atoms with E-state index in [0.29, 0.717) is 16.5 Å². The van der Waals surface area contributed by atoms with Gasteiger partial charge in [0.1, 0.15) is 49.3 Å². The molecule has 0 radical (unpaired) electrons. The Bertz CT molecular complexity index is 1510. The van der Waals surface area contributed by atoms with Gasteiger partial charge in [-0.1, -0.05) is 30.0 Å². The van der Waals surface area contributed by atoms with Gasteiger partial charge in [0.25, 0.3) is 0 Å². The molecule has 248 valence electrons. The Morgan fingerprint density at radius 3 is 1.96 bits per heavy atom. The normalized spacial score (nSPS) is 30.8. The molecular formula is C32H36O14. The summed E-state index contributed by atoms with van der Waals surface area (Å²) in [6.45, 7) is 3.74. The van der Waals surface area contributed by atoms with Gasteiger partial charge in [0.2, 0.25) is 0 Å². The average Bonchev–Trinajstić information content (AvgIpc) is 2.99. The van der Waals surface area contributed by atoms with Gasteiger partial charge in [0, 0.05) is 33.3 Å². The molecule has 0 unspecified atom stereocenters. The summed E-state index contributed by atoms with van der Waals surface area (Å²) < 4.78 is 33.4. The molecule has 10 atom stereocenters. The van der Waals surface area contributed by atoms with E-state index in [1.807, 2.05) is 0 Å². The number of ether oxygens (including phenoxy) is 6. The van der Waals surface area contributed by atoms with Crippen molar-refractivity contribution < 1.29 is 68.0 Å². The van der Waals surface area contributed by atoms with Crippen LogP contribution in [0.15, 0.2) is 36.4 Å². The van der Waals surface area contributed by atoms with E-state index in [2.05, 4.69) is 11.8 Å². The van der Waals surface area contributed by atoms with Crippen molar-refractivity contribution in [3.8, 4) is 11.8 Å². The highest BCUT2D eigenvalue weighted by Gasteiger charge is 2.52. The Morgan fingerprint density at radius 2 is 1.33 bits per heavy atom. The van der Waals surface area contributed by atoms with E-state index in [1.54, 1.807) is 36.4 Å². The molecule has 14 heteroatoms. The van der Waals surface area contributed by atoms with Crippen molar-refractivity contribution >= 4 is 34.6 Å². The molecule has 2 aliphatic rings. The lowest BCUT2D eigenvalue weighted by Crippen LogP contribution is -2.59. The predicted molar refractivity (Wildman–Crippen MR) is 156 cm³/mol. The molecule has 2 aromatic rings. The fourth-order valence-electron chi connectivity index (χ4n) is 5.39. The Morgan fingerprint density at radius 1 is 0.717 bits per heavy atom. The summed E-state index contributed by atoms with van der Waals surface area (Å²) in [5.74, 6) is 2.81. The van der Waals surface area contributed by atoms with Crippen LogP contribution in [0.2, 0.25) is 0 Å². The Hall–Kier alpha value is -4.10. The van der Waals surface area contributed by atoms with Gasteiger partial charge in [-0.05, 0) is 34.5 Å². The summed E-state index contributed by atoms with van der Waals surface area (Å²) in [6, 6.07) is 10.4. The van der Waals surface area contributed by atoms with Gasteiger partial charge in [-0.3, -0.25) is 19.2 Å². The molecule has 0 bridgehead atoms. The van der Waals surface area contributed by atoms with Gasteiger partial charge in [-0.15, -0.1) is 0 Å². The molecule has 46 heavy (non-hydrogen) atoms. The first-order chi connectivity index (χ1) is 21.8. The van der Waals surface area contributed by atoms with Crippen LogP contribution in [0.5, 0.6) is 0 Å². The minimum absolute atomic E-state index is 0.349. The zero-order valence-electron chi connectivity index (χ0n) is 25.5. The van der Waals surface area contributed by atoms with Gasteiger partial charge in [-0.25, -0.2) is 0 Å². The lowest BCUT2D eigenvalue weighted by atomic mass is 9.89. The molecule has 2 saturated heterocycles. The van der Waals surface area contributed by atoms with Crippen LogP contribution in [0, 0.1) is 11.8 Å². The van der Waals surface area contributed by atoms with Crippen molar-refractivity contribution in [3.63, 3.8) is 0 Å². The minimum Gasteiger partial charge on any atom is -0.463 e. The Labute approximate surface area is 264 Å². The van der Waals surface area contributed by atoms with E-state index >= 15 is 0 Å². The van der Waals surface area contributed by atoms with Gasteiger partial charge < -0.3 is 48.8 Å². The lowest BCUT2D eigenvalue weighted by molar-refractivity contribution is -0.254. The largest absolute Gasteiger partial charge is 0.463 e. The van der Waals surface area contributed by atoms with Crippen LogP contribution >= 0.6 is 0 Å². The number of hydrogen-bond donors (Lipinski definition) is 4. The summed E-state index contributed by atoms with van der Waals surface area (Å²) >= 11 is 0. The van der Waals surface area contributed by atoms with Crippen molar-refractivity contribution in [1.82, 2.24) is 0 Å². The van der Waals surface area contributed by atoms with E-state index in [-0.39, 0.29) is 6.61 Å². The van der Waals surface area contributed by atoms with Gasteiger partial charge in [0.05, 0.1) is 6.61 Å². The first kappa shape index (κ1) is 34.8. The van der Waals surface area contributed by atoms with Crippen molar-refractivity contribution in [2.45, 2.75) is 88.7 Å². The second-order valence-electron chi connectivity index (χ2n) is 11.0. The van der Waals surface area contributed by atoms with Crippen LogP contribution in [0.25, 0.3) is 10.8 Å². The van der Waals surface area contributed by atoms with Gasteiger partial charge in [0.15, 0.2) is 18.3 Å². The maximum Gasteiger partial charge on any atom is 0.303 e. The van der Waals surface area contributed by atoms with Crippen LogP contribution in [0.3, 0.4) is 0 Å². The molecule has 0 saturated carbocycles. The predicted octanol–water partition coefficient (Wildman–Crippen LogP) is -0.168. The molecule has 4 rings (SSSR count). The molecule has 2 aliphatic heterocycles. The average molecular weight is 645 g/mol. The number of esters is 4. The van der Waals surface area contributed by atoms with Crippen molar-refractivity contribution in [1.29, 1.82) is 0 Å². The van der Waals surface area contributed by atoms with Gasteiger partial charge >= 0.3 is 23.9 Å². The summed E-state index contributed by atoms with van der Waals surface area (Å²) in [5.41, 5.74) is 1.04. The van der Waals surface area contributed by atoms with E-state index < -0.39 is 91.5 Å². The molecule has 2 heterocycles. The van der Waals surface area contributed by atoms with Crippen LogP contribution in [-0.4, -0.2) is 112 Å². The van der Waals surface area contributed by atoms with E-state index in [9.17, 15) is 39.6 Å². The third kappa shape index (κ3) is 8.18. The van der Waals surface area contributed by atoms with E-state index in [0.717, 1.165) is 19.2 Å². The van der Waals surface area contributed by atoms with Crippen molar-refractivity contribution in [2.75, 3.05) is 13.2 Å².